The van der Waals surface area contributed by atoms with Crippen molar-refractivity contribution >= 4 is 11.8 Å². The maximum Gasteiger partial charge on any atom is 0.303 e. The number of aromatic nitrogens is 3. The van der Waals surface area contributed by atoms with Gasteiger partial charge in [0.2, 0.25) is 0 Å². The highest BCUT2D eigenvalue weighted by atomic mass is 16.4. The number of rotatable bonds is 11. The smallest absolute Gasteiger partial charge is 0.303 e. The SMILES string of the molecule is CNc1cccc(CCCCCC[C@H](CC(=O)O)c2cncnc2)n1. The number of nitrogens with one attached hydrogen (secondary N) is 1. The predicted octanol–water partition coefficient (Wildman–Crippen LogP) is 3.66. The Morgan fingerprint density at radius 2 is 1.92 bits per heavy atom. The van der Waals surface area contributed by atoms with E-state index in [-0.39, 0.29) is 12.3 Å². The zero-order valence-corrected chi connectivity index (χ0v) is 14.7. The zero-order chi connectivity index (χ0) is 17.9. The van der Waals surface area contributed by atoms with Gasteiger partial charge >= 0.3 is 5.97 Å². The van der Waals surface area contributed by atoms with E-state index in [0.29, 0.717) is 0 Å². The van der Waals surface area contributed by atoms with Crippen molar-refractivity contribution in [3.8, 4) is 0 Å². The minimum Gasteiger partial charge on any atom is -0.481 e. The molecule has 0 amide bonds. The van der Waals surface area contributed by atoms with Gasteiger partial charge in [0.05, 0.1) is 6.42 Å². The van der Waals surface area contributed by atoms with Crippen molar-refractivity contribution in [2.24, 2.45) is 0 Å². The van der Waals surface area contributed by atoms with Crippen molar-refractivity contribution in [3.05, 3.63) is 48.2 Å². The third-order valence-corrected chi connectivity index (χ3v) is 4.27. The van der Waals surface area contributed by atoms with E-state index in [1.807, 2.05) is 19.2 Å². The summed E-state index contributed by atoms with van der Waals surface area (Å²) in [6.45, 7) is 0. The molecule has 0 bridgehead atoms. The van der Waals surface area contributed by atoms with E-state index in [1.54, 1.807) is 12.4 Å². The van der Waals surface area contributed by atoms with Crippen LogP contribution < -0.4 is 5.32 Å². The Kier molecular flexibility index (Phi) is 7.82. The van der Waals surface area contributed by atoms with Crippen molar-refractivity contribution in [1.29, 1.82) is 0 Å². The van der Waals surface area contributed by atoms with Crippen LogP contribution in [0.1, 0.15) is 55.7 Å². The van der Waals surface area contributed by atoms with Gasteiger partial charge in [-0.05, 0) is 42.9 Å². The maximum atomic E-state index is 11.1. The molecule has 1 atom stereocenters. The number of nitrogens with zero attached hydrogens (tertiary/aromatic N) is 3. The molecule has 134 valence electrons. The first-order chi connectivity index (χ1) is 12.2. The molecule has 0 saturated heterocycles. The van der Waals surface area contributed by atoms with Crippen molar-refractivity contribution in [2.45, 2.75) is 50.9 Å². The number of aryl methyl sites for hydroxylation is 1. The topological polar surface area (TPSA) is 88.0 Å². The van der Waals surface area contributed by atoms with Crippen LogP contribution in [0.5, 0.6) is 0 Å². The first-order valence-electron chi connectivity index (χ1n) is 8.79. The number of hydrogen-bond donors (Lipinski definition) is 2. The summed E-state index contributed by atoms with van der Waals surface area (Å²) in [5.74, 6) is 0.121. The Hall–Kier alpha value is -2.50. The van der Waals surface area contributed by atoms with Gasteiger partial charge in [0.25, 0.3) is 0 Å². The van der Waals surface area contributed by atoms with Gasteiger partial charge in [0.1, 0.15) is 12.1 Å². The van der Waals surface area contributed by atoms with E-state index in [0.717, 1.165) is 55.6 Å². The quantitative estimate of drug-likeness (QED) is 0.606. The van der Waals surface area contributed by atoms with E-state index in [4.69, 9.17) is 5.11 Å². The van der Waals surface area contributed by atoms with Crippen LogP contribution in [0.2, 0.25) is 0 Å². The Morgan fingerprint density at radius 3 is 2.64 bits per heavy atom. The molecule has 6 nitrogen and oxygen atoms in total. The fraction of sp³-hybridized carbons (Fsp3) is 0.474. The summed E-state index contributed by atoms with van der Waals surface area (Å²) in [6, 6.07) is 6.03. The van der Waals surface area contributed by atoms with Crippen LogP contribution in [0, 0.1) is 0 Å². The highest BCUT2D eigenvalue weighted by Crippen LogP contribution is 2.25. The molecule has 0 unspecified atom stereocenters. The molecular weight excluding hydrogens is 316 g/mol. The molecule has 2 N–H and O–H groups in total. The van der Waals surface area contributed by atoms with E-state index in [1.165, 1.54) is 6.33 Å². The summed E-state index contributed by atoms with van der Waals surface area (Å²) in [7, 11) is 1.87. The largest absolute Gasteiger partial charge is 0.481 e. The average Bonchev–Trinajstić information content (AvgIpc) is 2.64. The van der Waals surface area contributed by atoms with Crippen LogP contribution in [0.25, 0.3) is 0 Å². The molecule has 0 aromatic carbocycles. The predicted molar refractivity (Wildman–Crippen MR) is 97.6 cm³/mol. The summed E-state index contributed by atoms with van der Waals surface area (Å²) >= 11 is 0. The molecule has 0 spiro atoms. The van der Waals surface area contributed by atoms with Crippen molar-refractivity contribution in [2.75, 3.05) is 12.4 Å². The number of carboxylic acid groups (broad SMARTS) is 1. The lowest BCUT2D eigenvalue weighted by Gasteiger charge is -2.14. The number of aliphatic carboxylic acids is 1. The monoisotopic (exact) mass is 342 g/mol. The molecule has 0 fully saturated rings. The highest BCUT2D eigenvalue weighted by molar-refractivity contribution is 5.67. The molecule has 2 rings (SSSR count). The summed E-state index contributed by atoms with van der Waals surface area (Å²) in [6.07, 6.45) is 11.2. The lowest BCUT2D eigenvalue weighted by Crippen LogP contribution is -2.07. The molecule has 0 aliphatic carbocycles. The van der Waals surface area contributed by atoms with Gasteiger partial charge in [0, 0.05) is 25.1 Å². The Bertz CT molecular complexity index is 649. The second kappa shape index (κ2) is 10.4. The number of unbranched alkanes of at least 4 members (excludes halogenated alkanes) is 3. The van der Waals surface area contributed by atoms with E-state index < -0.39 is 5.97 Å². The maximum absolute atomic E-state index is 11.1. The molecule has 0 aliphatic heterocycles. The van der Waals surface area contributed by atoms with E-state index in [2.05, 4.69) is 26.3 Å². The molecule has 0 aliphatic rings. The first kappa shape index (κ1) is 18.8. The van der Waals surface area contributed by atoms with Gasteiger partial charge in [-0.3, -0.25) is 4.79 Å². The lowest BCUT2D eigenvalue weighted by molar-refractivity contribution is -0.137. The number of carbonyl (C=O) groups is 1. The molecule has 2 heterocycles. The summed E-state index contributed by atoms with van der Waals surface area (Å²) in [5.41, 5.74) is 2.02. The number of pyridine rings is 1. The normalized spacial score (nSPS) is 11.9. The van der Waals surface area contributed by atoms with E-state index >= 15 is 0 Å². The van der Waals surface area contributed by atoms with Crippen molar-refractivity contribution in [3.63, 3.8) is 0 Å². The average molecular weight is 342 g/mol. The van der Waals surface area contributed by atoms with Crippen LogP contribution in [0.15, 0.2) is 36.9 Å². The van der Waals surface area contributed by atoms with Crippen molar-refractivity contribution in [1.82, 2.24) is 15.0 Å². The highest BCUT2D eigenvalue weighted by Gasteiger charge is 2.15. The minimum atomic E-state index is -0.774. The molecule has 6 heteroatoms. The Morgan fingerprint density at radius 1 is 1.16 bits per heavy atom. The minimum absolute atomic E-state index is 0.00678. The van der Waals surface area contributed by atoms with Gasteiger partial charge in [-0.25, -0.2) is 15.0 Å². The third kappa shape index (κ3) is 6.87. The van der Waals surface area contributed by atoms with Gasteiger partial charge < -0.3 is 10.4 Å². The first-order valence-corrected chi connectivity index (χ1v) is 8.79. The molecule has 25 heavy (non-hydrogen) atoms. The van der Waals surface area contributed by atoms with Crippen LogP contribution in [-0.4, -0.2) is 33.1 Å². The fourth-order valence-corrected chi connectivity index (χ4v) is 2.93. The lowest BCUT2D eigenvalue weighted by atomic mass is 9.92. The third-order valence-electron chi connectivity index (χ3n) is 4.27. The summed E-state index contributed by atoms with van der Waals surface area (Å²) in [5, 5.41) is 12.2. The number of hydrogen-bond acceptors (Lipinski definition) is 5. The van der Waals surface area contributed by atoms with E-state index in [9.17, 15) is 4.79 Å². The zero-order valence-electron chi connectivity index (χ0n) is 14.7. The Balaban J connectivity index is 1.70. The van der Waals surface area contributed by atoms with Gasteiger partial charge in [-0.1, -0.05) is 25.3 Å². The summed E-state index contributed by atoms with van der Waals surface area (Å²) in [4.78, 5) is 23.6. The second-order valence-electron chi connectivity index (χ2n) is 6.18. The van der Waals surface area contributed by atoms with Crippen LogP contribution in [0.4, 0.5) is 5.82 Å². The van der Waals surface area contributed by atoms with Crippen LogP contribution >= 0.6 is 0 Å². The standard InChI is InChI=1S/C19H26N4O2/c1-20-18-10-6-9-17(23-18)8-5-3-2-4-7-15(11-19(24)25)16-12-21-14-22-13-16/h6,9-10,12-15H,2-5,7-8,11H2,1H3,(H,20,23)(H,24,25)/t15-/m1/s1. The molecular formula is C19H26N4O2. The number of anilines is 1. The van der Waals surface area contributed by atoms with Crippen LogP contribution in [0.3, 0.4) is 0 Å². The Labute approximate surface area is 148 Å². The summed E-state index contributed by atoms with van der Waals surface area (Å²) < 4.78 is 0. The second-order valence-corrected chi connectivity index (χ2v) is 6.18. The molecule has 2 aromatic rings. The van der Waals surface area contributed by atoms with Crippen molar-refractivity contribution < 1.29 is 9.90 Å². The number of carboxylic acids is 1. The molecule has 2 aromatic heterocycles. The van der Waals surface area contributed by atoms with Gasteiger partial charge in [0.15, 0.2) is 0 Å². The molecule has 0 saturated carbocycles. The van der Waals surface area contributed by atoms with Gasteiger partial charge in [-0.15, -0.1) is 0 Å². The van der Waals surface area contributed by atoms with Crippen LogP contribution in [-0.2, 0) is 11.2 Å². The van der Waals surface area contributed by atoms with Gasteiger partial charge in [-0.2, -0.15) is 0 Å². The fourth-order valence-electron chi connectivity index (χ4n) is 2.93. The molecule has 0 radical (unpaired) electrons.